The zero-order valence-electron chi connectivity index (χ0n) is 13.0. The van der Waals surface area contributed by atoms with Crippen molar-refractivity contribution in [3.63, 3.8) is 0 Å². The molecule has 0 bridgehead atoms. The summed E-state index contributed by atoms with van der Waals surface area (Å²) in [5, 5.41) is 16.2. The molecule has 23 heavy (non-hydrogen) atoms. The Bertz CT molecular complexity index is 693. The van der Waals surface area contributed by atoms with E-state index in [1.807, 2.05) is 12.1 Å². The van der Waals surface area contributed by atoms with Crippen molar-refractivity contribution in [3.8, 4) is 0 Å². The van der Waals surface area contributed by atoms with Crippen molar-refractivity contribution in [2.24, 2.45) is 0 Å². The number of nitrogens with zero attached hydrogens (tertiary/aromatic N) is 4. The standard InChI is InChI=1S/C16H21ClN4O2/c17-12-3-4-13-14(11-12)21(22)18-15(13)16(19-5-1-2-6-19)20-7-9-23-10-8-20/h3-4,11,16,22H,1-2,5-10H2. The van der Waals surface area contributed by atoms with Crippen molar-refractivity contribution in [1.29, 1.82) is 0 Å². The highest BCUT2D eigenvalue weighted by Crippen LogP contribution is 2.33. The Hall–Kier alpha value is -1.34. The lowest BCUT2D eigenvalue weighted by molar-refractivity contribution is -0.0303. The van der Waals surface area contributed by atoms with E-state index in [1.54, 1.807) is 6.07 Å². The minimum absolute atomic E-state index is 0.0819. The molecule has 0 amide bonds. The summed E-state index contributed by atoms with van der Waals surface area (Å²) in [5.41, 5.74) is 1.56. The Morgan fingerprint density at radius 1 is 1.09 bits per heavy atom. The third-order valence-corrected chi connectivity index (χ3v) is 5.01. The second-order valence-corrected chi connectivity index (χ2v) is 6.64. The van der Waals surface area contributed by atoms with Gasteiger partial charge in [0.25, 0.3) is 0 Å². The molecule has 2 saturated heterocycles. The summed E-state index contributed by atoms with van der Waals surface area (Å²) in [7, 11) is 0. The Morgan fingerprint density at radius 3 is 2.52 bits per heavy atom. The summed E-state index contributed by atoms with van der Waals surface area (Å²) < 4.78 is 5.50. The maximum Gasteiger partial charge on any atom is 0.112 e. The van der Waals surface area contributed by atoms with Crippen LogP contribution < -0.4 is 0 Å². The van der Waals surface area contributed by atoms with Gasteiger partial charge in [-0.05, 0) is 31.0 Å². The Morgan fingerprint density at radius 2 is 1.78 bits per heavy atom. The summed E-state index contributed by atoms with van der Waals surface area (Å²) in [6.45, 7) is 5.38. The quantitative estimate of drug-likeness (QED) is 0.872. The number of morpholine rings is 1. The maximum absolute atomic E-state index is 10.2. The molecule has 0 spiro atoms. The van der Waals surface area contributed by atoms with Crippen molar-refractivity contribution in [2.75, 3.05) is 39.4 Å². The monoisotopic (exact) mass is 336 g/mol. The van der Waals surface area contributed by atoms with Crippen molar-refractivity contribution in [3.05, 3.63) is 28.9 Å². The van der Waals surface area contributed by atoms with E-state index in [-0.39, 0.29) is 6.17 Å². The number of benzene rings is 1. The van der Waals surface area contributed by atoms with Gasteiger partial charge < -0.3 is 9.94 Å². The molecule has 1 N–H and O–H groups in total. The van der Waals surface area contributed by atoms with E-state index in [0.717, 1.165) is 55.3 Å². The van der Waals surface area contributed by atoms with Gasteiger partial charge in [0.2, 0.25) is 0 Å². The van der Waals surface area contributed by atoms with Gasteiger partial charge in [-0.3, -0.25) is 9.80 Å². The Kier molecular flexibility index (Phi) is 4.15. The lowest BCUT2D eigenvalue weighted by Gasteiger charge is -2.38. The molecule has 124 valence electrons. The molecule has 2 aromatic rings. The molecule has 1 aromatic carbocycles. The molecule has 0 saturated carbocycles. The molecule has 2 fully saturated rings. The normalized spacial score (nSPS) is 22.0. The number of halogens is 1. The molecule has 1 atom stereocenters. The van der Waals surface area contributed by atoms with Crippen LogP contribution in [-0.2, 0) is 4.74 Å². The van der Waals surface area contributed by atoms with Crippen LogP contribution in [0.5, 0.6) is 0 Å². The molecule has 0 radical (unpaired) electrons. The summed E-state index contributed by atoms with van der Waals surface area (Å²) in [5.74, 6) is 0. The van der Waals surface area contributed by atoms with E-state index in [9.17, 15) is 5.21 Å². The third kappa shape index (κ3) is 2.80. The van der Waals surface area contributed by atoms with Gasteiger partial charge >= 0.3 is 0 Å². The van der Waals surface area contributed by atoms with Crippen LogP contribution in [0.2, 0.25) is 5.02 Å². The predicted molar refractivity (Wildman–Crippen MR) is 87.9 cm³/mol. The molecule has 1 aromatic heterocycles. The van der Waals surface area contributed by atoms with Crippen molar-refractivity contribution < 1.29 is 9.94 Å². The first kappa shape index (κ1) is 15.2. The van der Waals surface area contributed by atoms with Crippen LogP contribution in [0.3, 0.4) is 0 Å². The van der Waals surface area contributed by atoms with Gasteiger partial charge in [-0.25, -0.2) is 0 Å². The average Bonchev–Trinajstić information content (AvgIpc) is 3.19. The smallest absolute Gasteiger partial charge is 0.112 e. The second kappa shape index (κ2) is 6.28. The SMILES string of the molecule is On1nc(C(N2CCCC2)N2CCOCC2)c2ccc(Cl)cc21. The van der Waals surface area contributed by atoms with Gasteiger partial charge in [-0.1, -0.05) is 11.6 Å². The van der Waals surface area contributed by atoms with E-state index in [0.29, 0.717) is 10.5 Å². The Labute approximate surface area is 140 Å². The molecule has 4 rings (SSSR count). The molecular weight excluding hydrogens is 316 g/mol. The van der Waals surface area contributed by atoms with E-state index >= 15 is 0 Å². The third-order valence-electron chi connectivity index (χ3n) is 4.78. The molecule has 7 heteroatoms. The molecule has 0 aliphatic carbocycles. The zero-order valence-corrected chi connectivity index (χ0v) is 13.7. The van der Waals surface area contributed by atoms with Crippen molar-refractivity contribution in [1.82, 2.24) is 19.7 Å². The zero-order chi connectivity index (χ0) is 15.8. The summed E-state index contributed by atoms with van der Waals surface area (Å²) >= 11 is 6.07. The summed E-state index contributed by atoms with van der Waals surface area (Å²) in [4.78, 5) is 5.83. The molecule has 1 unspecified atom stereocenters. The lowest BCUT2D eigenvalue weighted by atomic mass is 10.1. The maximum atomic E-state index is 10.2. The lowest BCUT2D eigenvalue weighted by Crippen LogP contribution is -2.46. The number of hydrogen-bond donors (Lipinski definition) is 1. The molecule has 6 nitrogen and oxygen atoms in total. The predicted octanol–water partition coefficient (Wildman–Crippen LogP) is 2.35. The highest BCUT2D eigenvalue weighted by atomic mass is 35.5. The first-order chi connectivity index (χ1) is 11.2. The second-order valence-electron chi connectivity index (χ2n) is 6.20. The summed E-state index contributed by atoms with van der Waals surface area (Å²) in [6, 6.07) is 5.57. The van der Waals surface area contributed by atoms with Crippen molar-refractivity contribution in [2.45, 2.75) is 19.0 Å². The van der Waals surface area contributed by atoms with Gasteiger partial charge in [0.1, 0.15) is 17.4 Å². The van der Waals surface area contributed by atoms with E-state index < -0.39 is 0 Å². The molecule has 2 aliphatic rings. The van der Waals surface area contributed by atoms with Gasteiger partial charge in [0, 0.05) is 36.6 Å². The Balaban J connectivity index is 1.79. The average molecular weight is 337 g/mol. The van der Waals surface area contributed by atoms with Crippen LogP contribution in [-0.4, -0.2) is 64.3 Å². The van der Waals surface area contributed by atoms with Crippen molar-refractivity contribution >= 4 is 22.5 Å². The fourth-order valence-corrected chi connectivity index (χ4v) is 3.84. The van der Waals surface area contributed by atoms with Crippen LogP contribution in [0, 0.1) is 0 Å². The first-order valence-electron chi connectivity index (χ1n) is 8.17. The number of likely N-dealkylation sites (tertiary alicyclic amines) is 1. The van der Waals surface area contributed by atoms with E-state index in [1.165, 1.54) is 12.8 Å². The van der Waals surface area contributed by atoms with Crippen LogP contribution in [0.25, 0.3) is 10.9 Å². The van der Waals surface area contributed by atoms with Gasteiger partial charge in [-0.15, -0.1) is 9.94 Å². The van der Waals surface area contributed by atoms with E-state index in [2.05, 4.69) is 14.9 Å². The van der Waals surface area contributed by atoms with Gasteiger partial charge in [0.15, 0.2) is 0 Å². The fourth-order valence-electron chi connectivity index (χ4n) is 3.67. The van der Waals surface area contributed by atoms with Crippen LogP contribution in [0.15, 0.2) is 18.2 Å². The first-order valence-corrected chi connectivity index (χ1v) is 8.55. The number of fused-ring (bicyclic) bond motifs is 1. The van der Waals surface area contributed by atoms with Crippen LogP contribution >= 0.6 is 11.6 Å². The summed E-state index contributed by atoms with van der Waals surface area (Å²) in [6.07, 6.45) is 2.51. The number of hydrogen-bond acceptors (Lipinski definition) is 5. The number of ether oxygens (including phenoxy) is 1. The largest absolute Gasteiger partial charge is 0.411 e. The van der Waals surface area contributed by atoms with Gasteiger partial charge in [0.05, 0.1) is 13.2 Å². The minimum Gasteiger partial charge on any atom is -0.411 e. The van der Waals surface area contributed by atoms with E-state index in [4.69, 9.17) is 16.3 Å². The van der Waals surface area contributed by atoms with Gasteiger partial charge in [-0.2, -0.15) is 0 Å². The molecule has 2 aliphatic heterocycles. The molecular formula is C16H21ClN4O2. The highest BCUT2D eigenvalue weighted by Gasteiger charge is 2.33. The number of aromatic nitrogens is 2. The molecule has 3 heterocycles. The number of rotatable bonds is 3. The van der Waals surface area contributed by atoms with Crippen LogP contribution in [0.4, 0.5) is 0 Å². The topological polar surface area (TPSA) is 53.8 Å². The van der Waals surface area contributed by atoms with Crippen LogP contribution in [0.1, 0.15) is 24.7 Å². The fraction of sp³-hybridized carbons (Fsp3) is 0.562. The highest BCUT2D eigenvalue weighted by molar-refractivity contribution is 6.31. The minimum atomic E-state index is 0.0819.